The van der Waals surface area contributed by atoms with Gasteiger partial charge in [-0.1, -0.05) is 17.3 Å². The Morgan fingerprint density at radius 3 is 2.91 bits per heavy atom. The van der Waals surface area contributed by atoms with Gasteiger partial charge in [-0.25, -0.2) is 9.75 Å². The number of amides is 1. The topological polar surface area (TPSA) is 60.2 Å². The van der Waals surface area contributed by atoms with E-state index in [-0.39, 0.29) is 5.91 Å². The van der Waals surface area contributed by atoms with Crippen LogP contribution in [-0.2, 0) is 4.84 Å². The van der Waals surface area contributed by atoms with E-state index >= 15 is 0 Å². The molecule has 116 valence electrons. The Balaban J connectivity index is 1.88. The zero-order chi connectivity index (χ0) is 15.5. The van der Waals surface area contributed by atoms with E-state index in [4.69, 9.17) is 4.84 Å². The van der Waals surface area contributed by atoms with E-state index < -0.39 is 0 Å². The molecular weight excluding hydrogens is 280 g/mol. The van der Waals surface area contributed by atoms with Gasteiger partial charge in [0, 0.05) is 6.54 Å². The lowest BCUT2D eigenvalue weighted by Crippen LogP contribution is -2.32. The van der Waals surface area contributed by atoms with Gasteiger partial charge < -0.3 is 0 Å². The predicted octanol–water partition coefficient (Wildman–Crippen LogP) is 2.44. The summed E-state index contributed by atoms with van der Waals surface area (Å²) in [5.74, 6) is -0.210. The number of hydroxylamine groups is 2. The van der Waals surface area contributed by atoms with Crippen LogP contribution in [0.1, 0.15) is 41.0 Å². The second-order valence-electron chi connectivity index (χ2n) is 5.58. The molecule has 1 aliphatic rings. The van der Waals surface area contributed by atoms with E-state index in [1.165, 1.54) is 5.06 Å². The van der Waals surface area contributed by atoms with Crippen LogP contribution < -0.4 is 0 Å². The first-order valence-corrected chi connectivity index (χ1v) is 7.61. The van der Waals surface area contributed by atoms with E-state index in [2.05, 4.69) is 10.3 Å². The Kier molecular flexibility index (Phi) is 4.20. The monoisotopic (exact) mass is 300 g/mol. The number of rotatable bonds is 2. The quantitative estimate of drug-likeness (QED) is 0.854. The van der Waals surface area contributed by atoms with Gasteiger partial charge in [-0.05, 0) is 50.8 Å². The van der Waals surface area contributed by atoms with Crippen LogP contribution in [0.5, 0.6) is 0 Å². The SMILES string of the molecule is Cc1cccc(-n2nnc(C(=O)N3CCCCCO3)c2C)c1. The summed E-state index contributed by atoms with van der Waals surface area (Å²) in [6.45, 7) is 5.06. The summed E-state index contributed by atoms with van der Waals surface area (Å²) in [6.07, 6.45) is 3.02. The highest BCUT2D eigenvalue weighted by Crippen LogP contribution is 2.16. The zero-order valence-corrected chi connectivity index (χ0v) is 13.0. The summed E-state index contributed by atoms with van der Waals surface area (Å²) in [5, 5.41) is 9.62. The molecule has 2 aromatic rings. The number of carbonyl (C=O) groups is 1. The maximum Gasteiger partial charge on any atom is 0.299 e. The number of carbonyl (C=O) groups excluding carboxylic acids is 1. The summed E-state index contributed by atoms with van der Waals surface area (Å²) in [7, 11) is 0. The highest BCUT2D eigenvalue weighted by atomic mass is 16.7. The van der Waals surface area contributed by atoms with Crippen molar-refractivity contribution in [1.29, 1.82) is 0 Å². The molecule has 0 aliphatic carbocycles. The largest absolute Gasteiger partial charge is 0.299 e. The molecule has 0 spiro atoms. The van der Waals surface area contributed by atoms with Gasteiger partial charge in [0.25, 0.3) is 5.91 Å². The highest BCUT2D eigenvalue weighted by Gasteiger charge is 2.24. The van der Waals surface area contributed by atoms with Crippen molar-refractivity contribution in [3.05, 3.63) is 41.2 Å². The van der Waals surface area contributed by atoms with Crippen molar-refractivity contribution < 1.29 is 9.63 Å². The van der Waals surface area contributed by atoms with Crippen molar-refractivity contribution in [2.45, 2.75) is 33.1 Å². The van der Waals surface area contributed by atoms with Crippen molar-refractivity contribution in [1.82, 2.24) is 20.1 Å². The van der Waals surface area contributed by atoms with E-state index in [1.807, 2.05) is 38.1 Å². The Hall–Kier alpha value is -2.21. The van der Waals surface area contributed by atoms with Gasteiger partial charge in [0.2, 0.25) is 0 Å². The lowest BCUT2D eigenvalue weighted by Gasteiger charge is -2.18. The van der Waals surface area contributed by atoms with Crippen LogP contribution in [0.4, 0.5) is 0 Å². The number of aryl methyl sites for hydroxylation is 1. The minimum atomic E-state index is -0.210. The fraction of sp³-hybridized carbons (Fsp3) is 0.438. The molecule has 0 atom stereocenters. The standard InChI is InChI=1S/C16H20N4O2/c1-12-7-6-8-14(11-12)20-13(2)15(17-18-20)16(21)19-9-4-3-5-10-22-19/h6-8,11H,3-5,9-10H2,1-2H3. The van der Waals surface area contributed by atoms with Crippen LogP contribution in [0.3, 0.4) is 0 Å². The van der Waals surface area contributed by atoms with Gasteiger partial charge in [-0.3, -0.25) is 9.63 Å². The smallest absolute Gasteiger partial charge is 0.271 e. The number of aromatic nitrogens is 3. The van der Waals surface area contributed by atoms with Crippen molar-refractivity contribution in [3.8, 4) is 5.69 Å². The molecule has 0 radical (unpaired) electrons. The molecule has 0 unspecified atom stereocenters. The van der Waals surface area contributed by atoms with Crippen LogP contribution in [0.2, 0.25) is 0 Å². The van der Waals surface area contributed by atoms with E-state index in [1.54, 1.807) is 4.68 Å². The van der Waals surface area contributed by atoms with Gasteiger partial charge in [0.15, 0.2) is 5.69 Å². The van der Waals surface area contributed by atoms with Crippen LogP contribution >= 0.6 is 0 Å². The Morgan fingerprint density at radius 1 is 1.23 bits per heavy atom. The fourth-order valence-electron chi connectivity index (χ4n) is 2.58. The molecule has 0 bridgehead atoms. The molecule has 1 amide bonds. The first-order valence-electron chi connectivity index (χ1n) is 7.61. The average Bonchev–Trinajstić information content (AvgIpc) is 2.73. The zero-order valence-electron chi connectivity index (χ0n) is 13.0. The molecule has 1 aromatic carbocycles. The average molecular weight is 300 g/mol. The molecular formula is C16H20N4O2. The van der Waals surface area contributed by atoms with Gasteiger partial charge in [0.05, 0.1) is 18.0 Å². The van der Waals surface area contributed by atoms with Gasteiger partial charge in [0.1, 0.15) is 0 Å². The van der Waals surface area contributed by atoms with E-state index in [0.29, 0.717) is 18.8 Å². The summed E-state index contributed by atoms with van der Waals surface area (Å²) in [4.78, 5) is 18.1. The maximum absolute atomic E-state index is 12.6. The molecule has 1 aliphatic heterocycles. The van der Waals surface area contributed by atoms with Gasteiger partial charge in [-0.2, -0.15) is 0 Å². The molecule has 22 heavy (non-hydrogen) atoms. The molecule has 1 aromatic heterocycles. The van der Waals surface area contributed by atoms with Crippen molar-refractivity contribution >= 4 is 5.91 Å². The number of hydrogen-bond donors (Lipinski definition) is 0. The predicted molar refractivity (Wildman–Crippen MR) is 81.7 cm³/mol. The normalized spacial score (nSPS) is 15.6. The first kappa shape index (κ1) is 14.7. The minimum Gasteiger partial charge on any atom is -0.271 e. The van der Waals surface area contributed by atoms with E-state index in [0.717, 1.165) is 36.2 Å². The Labute approximate surface area is 129 Å². The van der Waals surface area contributed by atoms with Crippen molar-refractivity contribution in [3.63, 3.8) is 0 Å². The maximum atomic E-state index is 12.6. The van der Waals surface area contributed by atoms with Crippen LogP contribution in [0, 0.1) is 13.8 Å². The molecule has 6 heteroatoms. The second-order valence-corrected chi connectivity index (χ2v) is 5.58. The molecule has 0 saturated carbocycles. The third kappa shape index (κ3) is 2.87. The van der Waals surface area contributed by atoms with Gasteiger partial charge >= 0.3 is 0 Å². The third-order valence-corrected chi connectivity index (χ3v) is 3.82. The van der Waals surface area contributed by atoms with Crippen molar-refractivity contribution in [2.75, 3.05) is 13.2 Å². The minimum absolute atomic E-state index is 0.210. The molecule has 1 saturated heterocycles. The molecule has 6 nitrogen and oxygen atoms in total. The molecule has 1 fully saturated rings. The number of benzene rings is 1. The summed E-state index contributed by atoms with van der Waals surface area (Å²) >= 11 is 0. The Bertz CT molecular complexity index is 673. The molecule has 0 N–H and O–H groups in total. The van der Waals surface area contributed by atoms with Crippen LogP contribution in [-0.4, -0.2) is 39.1 Å². The number of nitrogens with zero attached hydrogens (tertiary/aromatic N) is 4. The fourth-order valence-corrected chi connectivity index (χ4v) is 2.58. The van der Waals surface area contributed by atoms with Gasteiger partial charge in [-0.15, -0.1) is 5.10 Å². The molecule has 2 heterocycles. The lowest BCUT2D eigenvalue weighted by atomic mass is 10.2. The number of hydrogen-bond acceptors (Lipinski definition) is 4. The second kappa shape index (κ2) is 6.27. The van der Waals surface area contributed by atoms with Crippen molar-refractivity contribution in [2.24, 2.45) is 0 Å². The third-order valence-electron chi connectivity index (χ3n) is 3.82. The van der Waals surface area contributed by atoms with Crippen LogP contribution in [0.15, 0.2) is 24.3 Å². The lowest BCUT2D eigenvalue weighted by molar-refractivity contribution is -0.116. The Morgan fingerprint density at radius 2 is 2.09 bits per heavy atom. The van der Waals surface area contributed by atoms with Crippen LogP contribution in [0.25, 0.3) is 5.69 Å². The summed E-state index contributed by atoms with van der Waals surface area (Å²) in [5.41, 5.74) is 3.11. The van der Waals surface area contributed by atoms with E-state index in [9.17, 15) is 4.79 Å². The summed E-state index contributed by atoms with van der Waals surface area (Å²) in [6, 6.07) is 7.95. The highest BCUT2D eigenvalue weighted by molar-refractivity contribution is 5.92. The summed E-state index contributed by atoms with van der Waals surface area (Å²) < 4.78 is 1.69. The first-order chi connectivity index (χ1) is 10.7. The molecule has 3 rings (SSSR count).